The summed E-state index contributed by atoms with van der Waals surface area (Å²) in [5.74, 6) is 0. The van der Waals surface area contributed by atoms with Crippen LogP contribution in [0.1, 0.15) is 59.3 Å². The van der Waals surface area contributed by atoms with Crippen LogP contribution in [0.5, 0.6) is 0 Å². The number of carbonyl (C=O) groups is 1. The van der Waals surface area contributed by atoms with E-state index in [1.54, 1.807) is 32.3 Å². The van der Waals surface area contributed by atoms with E-state index >= 15 is 0 Å². The second-order valence-electron chi connectivity index (χ2n) is 11.5. The summed E-state index contributed by atoms with van der Waals surface area (Å²) in [6.07, 6.45) is 6.09. The highest BCUT2D eigenvalue weighted by Gasteiger charge is 2.44. The van der Waals surface area contributed by atoms with Gasteiger partial charge < -0.3 is 32.9 Å². The number of carboxylic acid groups (broad SMARTS) is 1. The van der Waals surface area contributed by atoms with Crippen molar-refractivity contribution in [2.24, 2.45) is 15.8 Å². The lowest BCUT2D eigenvalue weighted by atomic mass is 9.62. The zero-order chi connectivity index (χ0) is 26.8. The summed E-state index contributed by atoms with van der Waals surface area (Å²) in [5.41, 5.74) is -0.335. The highest BCUT2D eigenvalue weighted by Crippen LogP contribution is 2.47. The van der Waals surface area contributed by atoms with Gasteiger partial charge in [0.1, 0.15) is 0 Å². The van der Waals surface area contributed by atoms with Crippen LogP contribution in [0.4, 0.5) is 4.79 Å². The molecule has 10 nitrogen and oxygen atoms in total. The monoisotopic (exact) mass is 529 g/mol. The number of nitrogens with zero attached hydrogens (tertiary/aromatic N) is 3. The number of hydrogen-bond acceptors (Lipinski definition) is 8. The van der Waals surface area contributed by atoms with E-state index in [4.69, 9.17) is 18.0 Å². The Morgan fingerprint density at radius 1 is 1.17 bits per heavy atom. The SMILES string of the molecule is CO[Si](CCCOCC(CN1CCCC1)N(CC1(C)CC(N=C=O)CC(C)(C)C1)C(=O)O)(OC)OC. The number of rotatable bonds is 15. The molecule has 1 amide bonds. The van der Waals surface area contributed by atoms with Crippen LogP contribution in [-0.2, 0) is 22.8 Å². The van der Waals surface area contributed by atoms with E-state index in [0.717, 1.165) is 38.8 Å². The average Bonchev–Trinajstić information content (AvgIpc) is 3.31. The Balaban J connectivity index is 2.10. The van der Waals surface area contributed by atoms with Gasteiger partial charge in [0.05, 0.1) is 18.7 Å². The maximum Gasteiger partial charge on any atom is 0.500 e. The molecule has 1 saturated heterocycles. The molecule has 1 heterocycles. The molecular formula is C25H47N3O7Si. The van der Waals surface area contributed by atoms with E-state index in [1.165, 1.54) is 0 Å². The van der Waals surface area contributed by atoms with Crippen LogP contribution in [0.25, 0.3) is 0 Å². The number of hydrogen-bond donors (Lipinski definition) is 1. The Morgan fingerprint density at radius 3 is 2.36 bits per heavy atom. The quantitative estimate of drug-likeness (QED) is 0.148. The molecular weight excluding hydrogens is 482 g/mol. The lowest BCUT2D eigenvalue weighted by Crippen LogP contribution is -2.54. The zero-order valence-electron chi connectivity index (χ0n) is 23.1. The fourth-order valence-corrected chi connectivity index (χ4v) is 7.99. The average molecular weight is 530 g/mol. The lowest BCUT2D eigenvalue weighted by molar-refractivity contribution is 0.00216. The van der Waals surface area contributed by atoms with E-state index in [-0.39, 0.29) is 22.9 Å². The van der Waals surface area contributed by atoms with Crippen molar-refractivity contribution >= 4 is 21.0 Å². The van der Waals surface area contributed by atoms with E-state index < -0.39 is 14.9 Å². The Labute approximate surface area is 217 Å². The molecule has 0 radical (unpaired) electrons. The second-order valence-corrected chi connectivity index (χ2v) is 14.6. The van der Waals surface area contributed by atoms with Gasteiger partial charge in [-0.25, -0.2) is 14.6 Å². The summed E-state index contributed by atoms with van der Waals surface area (Å²) in [5, 5.41) is 10.3. The minimum absolute atomic E-state index is 0.0381. The van der Waals surface area contributed by atoms with Gasteiger partial charge in [-0.05, 0) is 62.4 Å². The molecule has 1 N–H and O–H groups in total. The summed E-state index contributed by atoms with van der Waals surface area (Å²) in [7, 11) is 2.12. The second kappa shape index (κ2) is 14.0. The lowest BCUT2D eigenvalue weighted by Gasteiger charge is -2.48. The summed E-state index contributed by atoms with van der Waals surface area (Å²) in [6.45, 7) is 10.2. The van der Waals surface area contributed by atoms with Crippen LogP contribution >= 0.6 is 0 Å². The van der Waals surface area contributed by atoms with Crippen molar-refractivity contribution in [2.45, 2.75) is 77.4 Å². The third-order valence-electron chi connectivity index (χ3n) is 7.58. The molecule has 11 heteroatoms. The maximum absolute atomic E-state index is 12.6. The van der Waals surface area contributed by atoms with Gasteiger partial charge >= 0.3 is 14.9 Å². The molecule has 0 aromatic carbocycles. The first-order valence-electron chi connectivity index (χ1n) is 13.0. The first-order valence-corrected chi connectivity index (χ1v) is 15.0. The molecule has 0 aromatic rings. The summed E-state index contributed by atoms with van der Waals surface area (Å²) in [6, 6.07) is 0.207. The van der Waals surface area contributed by atoms with E-state index in [2.05, 4.69) is 30.7 Å². The van der Waals surface area contributed by atoms with Crippen molar-refractivity contribution < 1.29 is 32.7 Å². The normalized spacial score (nSPS) is 25.3. The van der Waals surface area contributed by atoms with Crippen molar-refractivity contribution in [3.63, 3.8) is 0 Å². The minimum Gasteiger partial charge on any atom is -0.465 e. The van der Waals surface area contributed by atoms with E-state index in [0.29, 0.717) is 45.2 Å². The third kappa shape index (κ3) is 9.20. The van der Waals surface area contributed by atoms with Crippen molar-refractivity contribution in [2.75, 3.05) is 60.7 Å². The molecule has 1 aliphatic heterocycles. The molecule has 1 aliphatic carbocycles. The summed E-state index contributed by atoms with van der Waals surface area (Å²) >= 11 is 0. The predicted molar refractivity (Wildman–Crippen MR) is 139 cm³/mol. The van der Waals surface area contributed by atoms with Crippen molar-refractivity contribution in [3.8, 4) is 0 Å². The Hall–Kier alpha value is -1.33. The molecule has 2 rings (SSSR count). The number of likely N-dealkylation sites (tertiary alicyclic amines) is 1. The smallest absolute Gasteiger partial charge is 0.465 e. The van der Waals surface area contributed by atoms with Crippen LogP contribution in [0.15, 0.2) is 4.99 Å². The minimum atomic E-state index is -2.66. The van der Waals surface area contributed by atoms with Gasteiger partial charge in [-0.2, -0.15) is 0 Å². The zero-order valence-corrected chi connectivity index (χ0v) is 24.1. The summed E-state index contributed by atoms with van der Waals surface area (Å²) < 4.78 is 22.5. The van der Waals surface area contributed by atoms with Crippen molar-refractivity contribution in [1.29, 1.82) is 0 Å². The molecule has 0 spiro atoms. The highest BCUT2D eigenvalue weighted by molar-refractivity contribution is 6.60. The standard InChI is InChI=1S/C25H47N3O7Si/c1-24(2)14-21(26-20-29)15-25(3,18-24)19-28(23(30)31)22(16-27-10-7-8-11-27)17-35-12-9-13-36(32-4,33-5)34-6/h21-22H,7-19H2,1-6H3,(H,30,31). The van der Waals surface area contributed by atoms with Gasteiger partial charge in [0.15, 0.2) is 0 Å². The molecule has 208 valence electrons. The molecule has 0 aromatic heterocycles. The van der Waals surface area contributed by atoms with Crippen LogP contribution < -0.4 is 0 Å². The largest absolute Gasteiger partial charge is 0.500 e. The molecule has 3 unspecified atom stereocenters. The fourth-order valence-electron chi connectivity index (χ4n) is 6.30. The molecule has 0 bridgehead atoms. The van der Waals surface area contributed by atoms with Gasteiger partial charge in [0.25, 0.3) is 0 Å². The fraction of sp³-hybridized carbons (Fsp3) is 0.920. The van der Waals surface area contributed by atoms with Gasteiger partial charge in [-0.1, -0.05) is 20.8 Å². The Bertz CT molecular complexity index is 731. The number of isocyanates is 1. The summed E-state index contributed by atoms with van der Waals surface area (Å²) in [4.78, 5) is 31.5. The van der Waals surface area contributed by atoms with E-state index in [1.807, 2.05) is 0 Å². The Kier molecular flexibility index (Phi) is 12.0. The van der Waals surface area contributed by atoms with Crippen LogP contribution in [-0.4, -0.2) is 109 Å². The predicted octanol–water partition coefficient (Wildman–Crippen LogP) is 3.64. The number of ether oxygens (including phenoxy) is 1. The molecule has 3 atom stereocenters. The van der Waals surface area contributed by atoms with Crippen molar-refractivity contribution in [1.82, 2.24) is 9.80 Å². The molecule has 2 aliphatic rings. The molecule has 1 saturated carbocycles. The highest BCUT2D eigenvalue weighted by atomic mass is 28.4. The van der Waals surface area contributed by atoms with Gasteiger partial charge in [0.2, 0.25) is 6.08 Å². The Morgan fingerprint density at radius 2 is 1.81 bits per heavy atom. The topological polar surface area (TPSA) is 110 Å². The number of carbonyl (C=O) groups excluding carboxylic acids is 1. The first-order chi connectivity index (χ1) is 17.0. The number of aliphatic imine (C=N–C) groups is 1. The maximum atomic E-state index is 12.6. The van der Waals surface area contributed by atoms with Gasteiger partial charge in [-0.3, -0.25) is 0 Å². The third-order valence-corrected chi connectivity index (χ3v) is 10.4. The number of amides is 1. The van der Waals surface area contributed by atoms with Gasteiger partial charge in [-0.15, -0.1) is 0 Å². The van der Waals surface area contributed by atoms with Crippen LogP contribution in [0.3, 0.4) is 0 Å². The first kappa shape index (κ1) is 30.9. The van der Waals surface area contributed by atoms with E-state index in [9.17, 15) is 14.7 Å². The van der Waals surface area contributed by atoms with Crippen LogP contribution in [0, 0.1) is 10.8 Å². The van der Waals surface area contributed by atoms with Crippen LogP contribution in [0.2, 0.25) is 6.04 Å². The van der Waals surface area contributed by atoms with Crippen molar-refractivity contribution in [3.05, 3.63) is 0 Å². The molecule has 2 fully saturated rings. The van der Waals surface area contributed by atoms with Gasteiger partial charge in [0, 0.05) is 47.1 Å². The molecule has 36 heavy (non-hydrogen) atoms.